The first-order chi connectivity index (χ1) is 11.0. The molecule has 0 heterocycles. The van der Waals surface area contributed by atoms with Crippen LogP contribution in [0.4, 0.5) is 5.69 Å². The fraction of sp³-hybridized carbons (Fsp3) is 0.278. The Hall–Kier alpha value is -2.20. The van der Waals surface area contributed by atoms with Crippen molar-refractivity contribution in [3.8, 4) is 11.5 Å². The van der Waals surface area contributed by atoms with Crippen molar-refractivity contribution in [2.24, 2.45) is 0 Å². The summed E-state index contributed by atoms with van der Waals surface area (Å²) >= 11 is 6.24. The van der Waals surface area contributed by atoms with E-state index in [0.29, 0.717) is 35.3 Å². The van der Waals surface area contributed by atoms with E-state index in [1.54, 1.807) is 12.1 Å². The van der Waals surface area contributed by atoms with Gasteiger partial charge in [-0.15, -0.1) is 0 Å². The lowest BCUT2D eigenvalue weighted by Crippen LogP contribution is -2.12. The van der Waals surface area contributed by atoms with Crippen LogP contribution >= 0.6 is 11.6 Å². The monoisotopic (exact) mass is 333 g/mol. The molecule has 0 aromatic heterocycles. The van der Waals surface area contributed by atoms with Crippen molar-refractivity contribution in [1.29, 1.82) is 0 Å². The lowest BCUT2D eigenvalue weighted by molar-refractivity contribution is 0.102. The van der Waals surface area contributed by atoms with Crippen molar-refractivity contribution in [2.45, 2.75) is 20.8 Å². The fourth-order valence-electron chi connectivity index (χ4n) is 2.17. The van der Waals surface area contributed by atoms with Gasteiger partial charge in [0.15, 0.2) is 11.5 Å². The first kappa shape index (κ1) is 17.2. The van der Waals surface area contributed by atoms with E-state index < -0.39 is 0 Å². The molecule has 23 heavy (non-hydrogen) atoms. The molecule has 4 nitrogen and oxygen atoms in total. The summed E-state index contributed by atoms with van der Waals surface area (Å²) in [6, 6.07) is 10.8. The molecule has 0 bridgehead atoms. The Morgan fingerprint density at radius 3 is 2.52 bits per heavy atom. The van der Waals surface area contributed by atoms with Gasteiger partial charge in [0.25, 0.3) is 5.91 Å². The number of rotatable bonds is 6. The molecule has 0 unspecified atom stereocenters. The molecule has 0 spiro atoms. The highest BCUT2D eigenvalue weighted by Crippen LogP contribution is 2.36. The molecule has 2 aromatic carbocycles. The second kappa shape index (κ2) is 7.88. The molecule has 1 amide bonds. The number of anilines is 1. The number of carbonyl (C=O) groups excluding carboxylic acids is 1. The first-order valence-electron chi connectivity index (χ1n) is 7.52. The van der Waals surface area contributed by atoms with Gasteiger partial charge >= 0.3 is 0 Å². The van der Waals surface area contributed by atoms with Crippen LogP contribution in [0.3, 0.4) is 0 Å². The largest absolute Gasteiger partial charge is 0.490 e. The second-order valence-corrected chi connectivity index (χ2v) is 5.38. The number of amides is 1. The summed E-state index contributed by atoms with van der Waals surface area (Å²) in [6.45, 7) is 6.62. The van der Waals surface area contributed by atoms with E-state index in [9.17, 15) is 4.79 Å². The molecule has 0 aliphatic carbocycles. The molecule has 122 valence electrons. The molecule has 0 saturated heterocycles. The van der Waals surface area contributed by atoms with Gasteiger partial charge in [0.2, 0.25) is 0 Å². The van der Waals surface area contributed by atoms with Gasteiger partial charge in [-0.1, -0.05) is 23.7 Å². The third kappa shape index (κ3) is 4.39. The van der Waals surface area contributed by atoms with Crippen molar-refractivity contribution in [3.63, 3.8) is 0 Å². The number of ether oxygens (including phenoxy) is 2. The number of halogens is 1. The van der Waals surface area contributed by atoms with Gasteiger partial charge in [-0.25, -0.2) is 0 Å². The van der Waals surface area contributed by atoms with Crippen molar-refractivity contribution in [2.75, 3.05) is 18.5 Å². The molecular formula is C18H20ClNO3. The first-order valence-corrected chi connectivity index (χ1v) is 7.90. The SMILES string of the molecule is CCOc1cc(C(=O)Nc2cccc(C)c2)cc(Cl)c1OCC. The van der Waals surface area contributed by atoms with E-state index in [0.717, 1.165) is 11.3 Å². The maximum absolute atomic E-state index is 12.4. The summed E-state index contributed by atoms with van der Waals surface area (Å²) in [5, 5.41) is 3.21. The van der Waals surface area contributed by atoms with Crippen molar-refractivity contribution in [3.05, 3.63) is 52.5 Å². The molecular weight excluding hydrogens is 314 g/mol. The van der Waals surface area contributed by atoms with Crippen molar-refractivity contribution in [1.82, 2.24) is 0 Å². The van der Waals surface area contributed by atoms with Gasteiger partial charge in [0.1, 0.15) is 0 Å². The standard InChI is InChI=1S/C18H20ClNO3/c1-4-22-16-11-13(10-15(19)17(16)23-5-2)18(21)20-14-8-6-7-12(3)9-14/h6-11H,4-5H2,1-3H3,(H,20,21). The van der Waals surface area contributed by atoms with Crippen LogP contribution in [0.15, 0.2) is 36.4 Å². The zero-order valence-corrected chi connectivity index (χ0v) is 14.2. The van der Waals surface area contributed by atoms with Crippen molar-refractivity contribution >= 4 is 23.2 Å². The minimum absolute atomic E-state index is 0.249. The maximum Gasteiger partial charge on any atom is 0.255 e. The van der Waals surface area contributed by atoms with E-state index in [-0.39, 0.29) is 5.91 Å². The third-order valence-corrected chi connectivity index (χ3v) is 3.42. The number of hydrogen-bond acceptors (Lipinski definition) is 3. The molecule has 1 N–H and O–H groups in total. The highest BCUT2D eigenvalue weighted by molar-refractivity contribution is 6.32. The molecule has 2 aromatic rings. The third-order valence-electron chi connectivity index (χ3n) is 3.14. The summed E-state index contributed by atoms with van der Waals surface area (Å²) < 4.78 is 11.0. The predicted octanol–water partition coefficient (Wildman–Crippen LogP) is 4.70. The highest BCUT2D eigenvalue weighted by Gasteiger charge is 2.16. The number of hydrogen-bond donors (Lipinski definition) is 1. The Morgan fingerprint density at radius 2 is 1.87 bits per heavy atom. The highest BCUT2D eigenvalue weighted by atomic mass is 35.5. The quantitative estimate of drug-likeness (QED) is 0.833. The lowest BCUT2D eigenvalue weighted by Gasteiger charge is -2.14. The van der Waals surface area contributed by atoms with E-state index in [1.165, 1.54) is 0 Å². The van der Waals surface area contributed by atoms with E-state index in [2.05, 4.69) is 5.32 Å². The molecule has 0 fully saturated rings. The fourth-order valence-corrected chi connectivity index (χ4v) is 2.44. The van der Waals surface area contributed by atoms with Crippen molar-refractivity contribution < 1.29 is 14.3 Å². The average Bonchev–Trinajstić information content (AvgIpc) is 2.50. The van der Waals surface area contributed by atoms with Crippen LogP contribution in [0.5, 0.6) is 11.5 Å². The Morgan fingerprint density at radius 1 is 1.13 bits per heavy atom. The van der Waals surface area contributed by atoms with Gasteiger partial charge in [-0.2, -0.15) is 0 Å². The predicted molar refractivity (Wildman–Crippen MR) is 92.9 cm³/mol. The van der Waals surface area contributed by atoms with Crippen LogP contribution in [-0.4, -0.2) is 19.1 Å². The maximum atomic E-state index is 12.4. The summed E-state index contributed by atoms with van der Waals surface area (Å²) in [7, 11) is 0. The minimum atomic E-state index is -0.249. The van der Waals surface area contributed by atoms with Gasteiger partial charge in [-0.05, 0) is 50.6 Å². The van der Waals surface area contributed by atoms with Crippen LogP contribution in [0.25, 0.3) is 0 Å². The summed E-state index contributed by atoms with van der Waals surface area (Å²) in [5.41, 5.74) is 2.23. The lowest BCUT2D eigenvalue weighted by atomic mass is 10.1. The Labute approximate surface area is 141 Å². The Balaban J connectivity index is 2.29. The minimum Gasteiger partial charge on any atom is -0.490 e. The van der Waals surface area contributed by atoms with Gasteiger partial charge in [-0.3, -0.25) is 4.79 Å². The Bertz CT molecular complexity index is 701. The molecule has 0 atom stereocenters. The average molecular weight is 334 g/mol. The van der Waals surface area contributed by atoms with Crippen LogP contribution in [0, 0.1) is 6.92 Å². The molecule has 0 radical (unpaired) electrons. The van der Waals surface area contributed by atoms with E-state index in [1.807, 2.05) is 45.0 Å². The number of benzene rings is 2. The molecule has 5 heteroatoms. The van der Waals surface area contributed by atoms with E-state index in [4.69, 9.17) is 21.1 Å². The van der Waals surface area contributed by atoms with E-state index >= 15 is 0 Å². The number of carbonyl (C=O) groups is 1. The van der Waals surface area contributed by atoms with Gasteiger partial charge < -0.3 is 14.8 Å². The molecule has 0 aliphatic heterocycles. The summed E-state index contributed by atoms with van der Waals surface area (Å²) in [5.74, 6) is 0.681. The molecule has 0 saturated carbocycles. The van der Waals surface area contributed by atoms with Crippen LogP contribution < -0.4 is 14.8 Å². The normalized spacial score (nSPS) is 10.3. The topological polar surface area (TPSA) is 47.6 Å². The zero-order valence-electron chi connectivity index (χ0n) is 13.5. The van der Waals surface area contributed by atoms with Gasteiger partial charge in [0.05, 0.1) is 18.2 Å². The zero-order chi connectivity index (χ0) is 16.8. The second-order valence-electron chi connectivity index (χ2n) is 4.97. The van der Waals surface area contributed by atoms with Crippen LogP contribution in [-0.2, 0) is 0 Å². The molecule has 0 aliphatic rings. The Kier molecular flexibility index (Phi) is 5.88. The number of nitrogens with one attached hydrogen (secondary N) is 1. The van der Waals surface area contributed by atoms with Crippen LogP contribution in [0.1, 0.15) is 29.8 Å². The number of aryl methyl sites for hydroxylation is 1. The van der Waals surface area contributed by atoms with Crippen LogP contribution in [0.2, 0.25) is 5.02 Å². The smallest absolute Gasteiger partial charge is 0.255 e. The van der Waals surface area contributed by atoms with Gasteiger partial charge in [0, 0.05) is 11.3 Å². The molecule has 2 rings (SSSR count). The summed E-state index contributed by atoms with van der Waals surface area (Å²) in [6.07, 6.45) is 0. The summed E-state index contributed by atoms with van der Waals surface area (Å²) in [4.78, 5) is 12.4.